The van der Waals surface area contributed by atoms with Gasteiger partial charge in [-0.15, -0.1) is 0 Å². The van der Waals surface area contributed by atoms with Crippen molar-refractivity contribution in [3.05, 3.63) is 65.7 Å². The zero-order valence-electron chi connectivity index (χ0n) is 20.6. The minimum atomic E-state index is -4.96. The number of piperidine rings is 2. The van der Waals surface area contributed by atoms with Gasteiger partial charge in [-0.1, -0.05) is 48.5 Å². The second-order valence-electron chi connectivity index (χ2n) is 9.65. The Kier molecular flexibility index (Phi) is 8.08. The summed E-state index contributed by atoms with van der Waals surface area (Å²) >= 11 is 0. The molecule has 1 unspecified atom stereocenters. The first-order chi connectivity index (χ1) is 17.6. The predicted molar refractivity (Wildman–Crippen MR) is 128 cm³/mol. The van der Waals surface area contributed by atoms with E-state index in [1.807, 2.05) is 12.1 Å². The van der Waals surface area contributed by atoms with E-state index in [-0.39, 0.29) is 30.0 Å². The first kappa shape index (κ1) is 27.3. The van der Waals surface area contributed by atoms with Gasteiger partial charge >= 0.3 is 6.18 Å². The number of amides is 1. The molecular formula is C27H31F5N2O3. The van der Waals surface area contributed by atoms with Crippen molar-refractivity contribution in [1.29, 1.82) is 0 Å². The molecule has 1 amide bonds. The molecule has 5 nitrogen and oxygen atoms in total. The van der Waals surface area contributed by atoms with Crippen LogP contribution in [0.25, 0.3) is 0 Å². The third kappa shape index (κ3) is 5.18. The van der Waals surface area contributed by atoms with Crippen LogP contribution in [0.3, 0.4) is 0 Å². The van der Waals surface area contributed by atoms with E-state index in [4.69, 9.17) is 9.47 Å². The van der Waals surface area contributed by atoms with E-state index in [1.165, 1.54) is 29.2 Å². The highest BCUT2D eigenvalue weighted by Gasteiger charge is 2.64. The number of carbonyl (C=O) groups is 1. The van der Waals surface area contributed by atoms with Crippen LogP contribution in [0.5, 0.6) is 5.75 Å². The Labute approximate surface area is 212 Å². The molecule has 2 aromatic carbocycles. The molecule has 202 valence electrons. The number of nitrogens with one attached hydrogen (secondary N) is 1. The average Bonchev–Trinajstić information content (AvgIpc) is 2.89. The highest BCUT2D eigenvalue weighted by Crippen LogP contribution is 2.51. The Bertz CT molecular complexity index is 1060. The van der Waals surface area contributed by atoms with Crippen LogP contribution < -0.4 is 10.1 Å². The fourth-order valence-electron chi connectivity index (χ4n) is 5.85. The summed E-state index contributed by atoms with van der Waals surface area (Å²) in [5.41, 5.74) is -2.88. The number of para-hydroxylation sites is 1. The van der Waals surface area contributed by atoms with Gasteiger partial charge < -0.3 is 19.7 Å². The lowest BCUT2D eigenvalue weighted by molar-refractivity contribution is -0.271. The Balaban J connectivity index is 1.59. The van der Waals surface area contributed by atoms with Crippen molar-refractivity contribution >= 4 is 5.91 Å². The fourth-order valence-corrected chi connectivity index (χ4v) is 5.85. The van der Waals surface area contributed by atoms with Crippen molar-refractivity contribution in [2.75, 3.05) is 39.9 Å². The summed E-state index contributed by atoms with van der Waals surface area (Å²) in [6.45, 7) is 0.839. The van der Waals surface area contributed by atoms with E-state index >= 15 is 0 Å². The summed E-state index contributed by atoms with van der Waals surface area (Å²) in [6.07, 6.45) is -5.88. The largest absolute Gasteiger partial charge is 0.487 e. The fraction of sp³-hybridized carbons (Fsp3) is 0.519. The van der Waals surface area contributed by atoms with E-state index < -0.39 is 30.7 Å². The number of rotatable bonds is 7. The van der Waals surface area contributed by atoms with Gasteiger partial charge in [-0.2, -0.15) is 13.2 Å². The van der Waals surface area contributed by atoms with Crippen LogP contribution in [0, 0.1) is 5.41 Å². The van der Waals surface area contributed by atoms with E-state index in [0.29, 0.717) is 25.1 Å². The third-order valence-electron chi connectivity index (χ3n) is 7.78. The van der Waals surface area contributed by atoms with Crippen LogP contribution in [0.1, 0.15) is 36.3 Å². The monoisotopic (exact) mass is 526 g/mol. The lowest BCUT2D eigenvalue weighted by Gasteiger charge is -2.51. The normalized spacial score (nSPS) is 21.6. The third-order valence-corrected chi connectivity index (χ3v) is 7.78. The maximum atomic E-state index is 14.4. The lowest BCUT2D eigenvalue weighted by Crippen LogP contribution is -2.59. The lowest BCUT2D eigenvalue weighted by atomic mass is 9.62. The number of methoxy groups -OCH3 is 1. The van der Waals surface area contributed by atoms with E-state index in [0.717, 1.165) is 25.6 Å². The smallest absolute Gasteiger partial charge is 0.430 e. The molecule has 2 atom stereocenters. The molecule has 2 aromatic rings. The summed E-state index contributed by atoms with van der Waals surface area (Å²) in [6, 6.07) is 14.0. The van der Waals surface area contributed by atoms with E-state index in [1.54, 1.807) is 18.2 Å². The second-order valence-corrected chi connectivity index (χ2v) is 9.65. The van der Waals surface area contributed by atoms with Crippen LogP contribution in [-0.2, 0) is 15.1 Å². The number of nitrogens with zero attached hydrogens (tertiary/aromatic N) is 1. The molecule has 0 bridgehead atoms. The molecule has 2 aliphatic heterocycles. The van der Waals surface area contributed by atoms with Crippen LogP contribution >= 0.6 is 0 Å². The van der Waals surface area contributed by atoms with Gasteiger partial charge in [0.25, 0.3) is 17.9 Å². The van der Waals surface area contributed by atoms with Gasteiger partial charge in [0.05, 0.1) is 0 Å². The first-order valence-corrected chi connectivity index (χ1v) is 12.3. The Morgan fingerprint density at radius 2 is 1.70 bits per heavy atom. The maximum Gasteiger partial charge on any atom is 0.430 e. The van der Waals surface area contributed by atoms with E-state index in [9.17, 15) is 26.7 Å². The molecule has 0 saturated carbocycles. The number of carbonyl (C=O) groups excluding carboxylic acids is 1. The minimum absolute atomic E-state index is 0.101. The molecule has 2 heterocycles. The molecule has 2 fully saturated rings. The van der Waals surface area contributed by atoms with Crippen molar-refractivity contribution in [3.8, 4) is 5.75 Å². The molecule has 0 aromatic heterocycles. The standard InChI is InChI=1S/C27H31F5N2O3/c1-36-26(27(30,31)32,19-7-3-2-4-8-19)24(35)34-15-12-25(13-16-34)11-14-33-17-21(25)20-9-5-6-10-22(20)37-18-23(28)29/h2-10,21,23,33H,11-18H2,1H3/t21?,26-/m1/s1. The number of halogens is 5. The van der Waals surface area contributed by atoms with Crippen LogP contribution in [0.15, 0.2) is 54.6 Å². The van der Waals surface area contributed by atoms with Gasteiger partial charge in [0.1, 0.15) is 12.4 Å². The number of hydrogen-bond donors (Lipinski definition) is 1. The van der Waals surface area contributed by atoms with Gasteiger partial charge in [-0.05, 0) is 42.9 Å². The molecular weight excluding hydrogens is 495 g/mol. The SMILES string of the molecule is CO[C@@](C(=O)N1CCC2(CCNCC2c2ccccc2OCC(F)F)CC1)(c1ccccc1)C(F)(F)F. The number of likely N-dealkylation sites (tertiary alicyclic amines) is 1. The summed E-state index contributed by atoms with van der Waals surface area (Å²) in [7, 11) is 0.906. The topological polar surface area (TPSA) is 50.8 Å². The zero-order valence-corrected chi connectivity index (χ0v) is 20.6. The number of benzene rings is 2. The average molecular weight is 527 g/mol. The maximum absolute atomic E-state index is 14.4. The molecule has 0 aliphatic carbocycles. The van der Waals surface area contributed by atoms with Crippen LogP contribution in [0.4, 0.5) is 22.0 Å². The highest BCUT2D eigenvalue weighted by atomic mass is 19.4. The zero-order chi connectivity index (χ0) is 26.7. The number of alkyl halides is 5. The molecule has 10 heteroatoms. The summed E-state index contributed by atoms with van der Waals surface area (Å²) < 4.78 is 79.3. The Hall–Kier alpha value is -2.72. The number of hydrogen-bond acceptors (Lipinski definition) is 4. The Morgan fingerprint density at radius 3 is 2.32 bits per heavy atom. The van der Waals surface area contributed by atoms with Crippen molar-refractivity contribution in [1.82, 2.24) is 10.2 Å². The quantitative estimate of drug-likeness (QED) is 0.509. The van der Waals surface area contributed by atoms with Gasteiger partial charge in [-0.3, -0.25) is 4.79 Å². The van der Waals surface area contributed by atoms with Crippen molar-refractivity contribution in [3.63, 3.8) is 0 Å². The van der Waals surface area contributed by atoms with Gasteiger partial charge in [-0.25, -0.2) is 8.78 Å². The molecule has 1 spiro atoms. The molecule has 1 N–H and O–H groups in total. The van der Waals surface area contributed by atoms with Gasteiger partial charge in [0, 0.05) is 38.2 Å². The molecule has 37 heavy (non-hydrogen) atoms. The predicted octanol–water partition coefficient (Wildman–Crippen LogP) is 5.12. The van der Waals surface area contributed by atoms with Crippen molar-refractivity contribution in [2.45, 2.75) is 43.4 Å². The second kappa shape index (κ2) is 10.9. The summed E-state index contributed by atoms with van der Waals surface area (Å²) in [5.74, 6) is -0.847. The molecule has 4 rings (SSSR count). The van der Waals surface area contributed by atoms with Gasteiger partial charge in [0.2, 0.25) is 0 Å². The number of ether oxygens (including phenoxy) is 2. The summed E-state index contributed by atoms with van der Waals surface area (Å²) in [5, 5.41) is 3.35. The van der Waals surface area contributed by atoms with Crippen LogP contribution in [0.2, 0.25) is 0 Å². The Morgan fingerprint density at radius 1 is 1.05 bits per heavy atom. The molecule has 0 radical (unpaired) electrons. The highest BCUT2D eigenvalue weighted by molar-refractivity contribution is 5.88. The van der Waals surface area contributed by atoms with Crippen LogP contribution in [-0.4, -0.2) is 63.3 Å². The van der Waals surface area contributed by atoms with E-state index in [2.05, 4.69) is 5.32 Å². The molecule has 2 aliphatic rings. The van der Waals surface area contributed by atoms with Crippen molar-refractivity contribution < 1.29 is 36.2 Å². The minimum Gasteiger partial charge on any atom is -0.487 e. The summed E-state index contributed by atoms with van der Waals surface area (Å²) in [4.78, 5) is 14.7. The molecule has 2 saturated heterocycles. The first-order valence-electron chi connectivity index (χ1n) is 12.3. The van der Waals surface area contributed by atoms with Crippen molar-refractivity contribution in [2.24, 2.45) is 5.41 Å². The van der Waals surface area contributed by atoms with Gasteiger partial charge in [0.15, 0.2) is 0 Å².